The van der Waals surface area contributed by atoms with Crippen LogP contribution in [0.25, 0.3) is 0 Å². The SMILES string of the molecule is CC(C)(C)S(=O)(=O)CC(=O)N1CCC(Cn2ccnn2)CC1. The molecule has 2 rings (SSSR count). The fourth-order valence-electron chi connectivity index (χ4n) is 2.43. The summed E-state index contributed by atoms with van der Waals surface area (Å²) < 4.78 is 25.1. The van der Waals surface area contributed by atoms with Crippen LogP contribution in [0.4, 0.5) is 0 Å². The van der Waals surface area contributed by atoms with Gasteiger partial charge in [0.25, 0.3) is 0 Å². The third-order valence-electron chi connectivity index (χ3n) is 4.13. The van der Waals surface area contributed by atoms with Crippen LogP contribution in [0.3, 0.4) is 0 Å². The largest absolute Gasteiger partial charge is 0.342 e. The summed E-state index contributed by atoms with van der Waals surface area (Å²) in [6, 6.07) is 0. The first-order chi connectivity index (χ1) is 10.2. The van der Waals surface area contributed by atoms with Crippen LogP contribution in [0.15, 0.2) is 12.4 Å². The Kier molecular flexibility index (Phi) is 4.89. The van der Waals surface area contributed by atoms with Crippen LogP contribution in [-0.2, 0) is 21.2 Å². The molecule has 0 spiro atoms. The van der Waals surface area contributed by atoms with Gasteiger partial charge in [0, 0.05) is 25.8 Å². The van der Waals surface area contributed by atoms with Gasteiger partial charge in [-0.15, -0.1) is 5.10 Å². The summed E-state index contributed by atoms with van der Waals surface area (Å²) in [5, 5.41) is 7.72. The van der Waals surface area contributed by atoms with E-state index in [1.165, 1.54) is 0 Å². The molecule has 0 N–H and O–H groups in total. The van der Waals surface area contributed by atoms with E-state index in [-0.39, 0.29) is 5.91 Å². The molecule has 1 fully saturated rings. The van der Waals surface area contributed by atoms with Gasteiger partial charge in [-0.1, -0.05) is 5.21 Å². The molecule has 1 aliphatic rings. The zero-order chi connectivity index (χ0) is 16.4. The Labute approximate surface area is 131 Å². The Morgan fingerprint density at radius 3 is 2.41 bits per heavy atom. The minimum absolute atomic E-state index is 0.283. The summed E-state index contributed by atoms with van der Waals surface area (Å²) in [5.41, 5.74) is 0. The zero-order valence-electron chi connectivity index (χ0n) is 13.4. The van der Waals surface area contributed by atoms with E-state index in [0.29, 0.717) is 19.0 Å². The number of rotatable bonds is 4. The Hall–Kier alpha value is -1.44. The molecule has 0 aromatic carbocycles. The van der Waals surface area contributed by atoms with E-state index in [2.05, 4.69) is 10.3 Å². The summed E-state index contributed by atoms with van der Waals surface area (Å²) in [6.07, 6.45) is 5.20. The van der Waals surface area contributed by atoms with E-state index in [4.69, 9.17) is 0 Å². The molecule has 22 heavy (non-hydrogen) atoms. The molecule has 1 saturated heterocycles. The number of piperidine rings is 1. The van der Waals surface area contributed by atoms with Crippen molar-refractivity contribution in [3.05, 3.63) is 12.4 Å². The number of carbonyl (C=O) groups is 1. The molecule has 1 aliphatic heterocycles. The quantitative estimate of drug-likeness (QED) is 0.813. The van der Waals surface area contributed by atoms with Crippen molar-refractivity contribution in [2.75, 3.05) is 18.8 Å². The van der Waals surface area contributed by atoms with Crippen LogP contribution in [0.5, 0.6) is 0 Å². The molecule has 7 nitrogen and oxygen atoms in total. The van der Waals surface area contributed by atoms with E-state index >= 15 is 0 Å². The Bertz CT molecular complexity index is 597. The van der Waals surface area contributed by atoms with Gasteiger partial charge >= 0.3 is 0 Å². The van der Waals surface area contributed by atoms with E-state index in [0.717, 1.165) is 19.4 Å². The van der Waals surface area contributed by atoms with E-state index < -0.39 is 20.3 Å². The van der Waals surface area contributed by atoms with Gasteiger partial charge in [-0.05, 0) is 39.5 Å². The first-order valence-electron chi connectivity index (χ1n) is 7.53. The van der Waals surface area contributed by atoms with Crippen molar-refractivity contribution in [2.24, 2.45) is 5.92 Å². The first kappa shape index (κ1) is 16.9. The fourth-order valence-corrected chi connectivity index (χ4v) is 3.37. The maximum Gasteiger partial charge on any atom is 0.237 e. The molecule has 8 heteroatoms. The van der Waals surface area contributed by atoms with E-state index in [1.54, 1.807) is 36.5 Å². The maximum atomic E-state index is 12.2. The van der Waals surface area contributed by atoms with Crippen molar-refractivity contribution in [1.29, 1.82) is 0 Å². The van der Waals surface area contributed by atoms with Crippen molar-refractivity contribution >= 4 is 15.7 Å². The number of sulfone groups is 1. The zero-order valence-corrected chi connectivity index (χ0v) is 14.2. The third-order valence-corrected chi connectivity index (χ3v) is 6.62. The molecule has 1 amide bonds. The van der Waals surface area contributed by atoms with Gasteiger partial charge in [-0.2, -0.15) is 0 Å². The second-order valence-corrected chi connectivity index (χ2v) is 9.56. The number of nitrogens with zero attached hydrogens (tertiary/aromatic N) is 4. The lowest BCUT2D eigenvalue weighted by atomic mass is 9.97. The number of amides is 1. The van der Waals surface area contributed by atoms with Crippen molar-refractivity contribution < 1.29 is 13.2 Å². The molecule has 124 valence electrons. The van der Waals surface area contributed by atoms with E-state index in [9.17, 15) is 13.2 Å². The number of hydrogen-bond donors (Lipinski definition) is 0. The molecule has 0 saturated carbocycles. The molecule has 2 heterocycles. The Balaban J connectivity index is 1.85. The standard InChI is InChI=1S/C14H24N4O3S/c1-14(2,3)22(20,21)11-13(19)17-7-4-12(5-8-17)10-18-9-6-15-16-18/h6,9,12H,4-5,7-8,10-11H2,1-3H3. The molecular formula is C14H24N4O3S. The normalized spacial score (nSPS) is 17.7. The van der Waals surface area contributed by atoms with Crippen molar-refractivity contribution in [3.8, 4) is 0 Å². The minimum atomic E-state index is -3.41. The lowest BCUT2D eigenvalue weighted by Crippen LogP contribution is -2.44. The lowest BCUT2D eigenvalue weighted by Gasteiger charge is -2.32. The smallest absolute Gasteiger partial charge is 0.237 e. The van der Waals surface area contributed by atoms with Gasteiger partial charge in [0.2, 0.25) is 5.91 Å². The lowest BCUT2D eigenvalue weighted by molar-refractivity contribution is -0.129. The van der Waals surface area contributed by atoms with Crippen LogP contribution in [0.1, 0.15) is 33.6 Å². The van der Waals surface area contributed by atoms with Crippen LogP contribution >= 0.6 is 0 Å². The van der Waals surface area contributed by atoms with Crippen LogP contribution in [-0.4, -0.2) is 57.8 Å². The highest BCUT2D eigenvalue weighted by Gasteiger charge is 2.33. The number of likely N-dealkylation sites (tertiary alicyclic amines) is 1. The third kappa shape index (κ3) is 4.06. The highest BCUT2D eigenvalue weighted by atomic mass is 32.2. The van der Waals surface area contributed by atoms with Crippen LogP contribution < -0.4 is 0 Å². The molecule has 1 aromatic rings. The monoisotopic (exact) mass is 328 g/mol. The topological polar surface area (TPSA) is 85.2 Å². The molecule has 1 aromatic heterocycles. The van der Waals surface area contributed by atoms with Gasteiger partial charge in [-0.25, -0.2) is 8.42 Å². The highest BCUT2D eigenvalue weighted by molar-refractivity contribution is 7.93. The summed E-state index contributed by atoms with van der Waals surface area (Å²) in [7, 11) is -3.41. The average molecular weight is 328 g/mol. The van der Waals surface area contributed by atoms with Crippen molar-refractivity contribution in [2.45, 2.75) is 44.9 Å². The second-order valence-electron chi connectivity index (χ2n) is 6.82. The maximum absolute atomic E-state index is 12.2. The van der Waals surface area contributed by atoms with Crippen molar-refractivity contribution in [1.82, 2.24) is 19.9 Å². The number of aromatic nitrogens is 3. The van der Waals surface area contributed by atoms with Gasteiger partial charge in [-0.3, -0.25) is 9.48 Å². The summed E-state index contributed by atoms with van der Waals surface area (Å²) in [4.78, 5) is 13.9. The minimum Gasteiger partial charge on any atom is -0.342 e. The Morgan fingerprint density at radius 2 is 1.91 bits per heavy atom. The van der Waals surface area contributed by atoms with Gasteiger partial charge < -0.3 is 4.90 Å². The predicted molar refractivity (Wildman–Crippen MR) is 82.9 cm³/mol. The molecule has 0 radical (unpaired) electrons. The summed E-state index contributed by atoms with van der Waals surface area (Å²) >= 11 is 0. The van der Waals surface area contributed by atoms with Gasteiger partial charge in [0.05, 0.1) is 10.9 Å². The molecule has 0 bridgehead atoms. The van der Waals surface area contributed by atoms with Gasteiger partial charge in [0.15, 0.2) is 9.84 Å². The Morgan fingerprint density at radius 1 is 1.27 bits per heavy atom. The van der Waals surface area contributed by atoms with Gasteiger partial charge in [0.1, 0.15) is 5.75 Å². The first-order valence-corrected chi connectivity index (χ1v) is 9.18. The molecular weight excluding hydrogens is 304 g/mol. The highest BCUT2D eigenvalue weighted by Crippen LogP contribution is 2.21. The average Bonchev–Trinajstić information content (AvgIpc) is 2.90. The van der Waals surface area contributed by atoms with Crippen molar-refractivity contribution in [3.63, 3.8) is 0 Å². The number of hydrogen-bond acceptors (Lipinski definition) is 5. The fraction of sp³-hybridized carbons (Fsp3) is 0.786. The van der Waals surface area contributed by atoms with E-state index in [1.807, 2.05) is 6.20 Å². The molecule has 0 atom stereocenters. The number of carbonyl (C=O) groups excluding carboxylic acids is 1. The molecule has 0 unspecified atom stereocenters. The predicted octanol–water partition coefficient (Wildman–Crippen LogP) is 0.730. The van der Waals surface area contributed by atoms with Crippen LogP contribution in [0, 0.1) is 5.92 Å². The van der Waals surface area contributed by atoms with Crippen LogP contribution in [0.2, 0.25) is 0 Å². The molecule has 0 aliphatic carbocycles. The second kappa shape index (κ2) is 6.36. The summed E-state index contributed by atoms with van der Waals surface area (Å²) in [5.74, 6) is -0.233. The summed E-state index contributed by atoms with van der Waals surface area (Å²) in [6.45, 7) is 6.89.